The van der Waals surface area contributed by atoms with Gasteiger partial charge in [0.1, 0.15) is 0 Å². The summed E-state index contributed by atoms with van der Waals surface area (Å²) in [4.78, 5) is 20.7. The molecule has 0 fully saturated rings. The van der Waals surface area contributed by atoms with Crippen LogP contribution in [-0.2, 0) is 14.3 Å². The summed E-state index contributed by atoms with van der Waals surface area (Å²) in [7, 11) is 0. The molecular formula is C7H6O5. The van der Waals surface area contributed by atoms with Crippen LogP contribution in [0.2, 0.25) is 0 Å². The largest absolute Gasteiger partial charge is 0.482 e. The highest BCUT2D eigenvalue weighted by Gasteiger charge is 2.20. The molecule has 64 valence electrons. The molecule has 0 saturated heterocycles. The molecule has 1 unspecified atom stereocenters. The molecule has 0 aromatic carbocycles. The summed E-state index contributed by atoms with van der Waals surface area (Å²) in [6.45, 7) is 0. The van der Waals surface area contributed by atoms with Gasteiger partial charge in [0.25, 0.3) is 0 Å². The van der Waals surface area contributed by atoms with Crippen LogP contribution in [0.4, 0.5) is 0 Å². The Balaban J connectivity index is 2.82. The number of carboxylic acids is 2. The van der Waals surface area contributed by atoms with Crippen LogP contribution < -0.4 is 0 Å². The predicted molar refractivity (Wildman–Crippen MR) is 37.4 cm³/mol. The molecule has 12 heavy (non-hydrogen) atoms. The quantitative estimate of drug-likeness (QED) is 0.609. The van der Waals surface area contributed by atoms with E-state index in [1.54, 1.807) is 0 Å². The van der Waals surface area contributed by atoms with Crippen LogP contribution in [0.3, 0.4) is 0 Å². The average molecular weight is 170 g/mol. The van der Waals surface area contributed by atoms with E-state index in [0.29, 0.717) is 0 Å². The van der Waals surface area contributed by atoms with E-state index in [9.17, 15) is 9.59 Å². The smallest absolute Gasteiger partial charge is 0.349 e. The highest BCUT2D eigenvalue weighted by molar-refractivity contribution is 5.91. The summed E-state index contributed by atoms with van der Waals surface area (Å²) < 4.78 is 4.60. The first-order valence-electron chi connectivity index (χ1n) is 3.11. The van der Waals surface area contributed by atoms with Crippen LogP contribution in [0.1, 0.15) is 0 Å². The first kappa shape index (κ1) is 8.32. The van der Waals surface area contributed by atoms with E-state index in [-0.39, 0.29) is 5.57 Å². The van der Waals surface area contributed by atoms with Crippen molar-refractivity contribution in [2.45, 2.75) is 6.10 Å². The zero-order chi connectivity index (χ0) is 9.14. The molecule has 0 amide bonds. The van der Waals surface area contributed by atoms with Crippen LogP contribution in [0, 0.1) is 0 Å². The van der Waals surface area contributed by atoms with Crippen molar-refractivity contribution in [2.24, 2.45) is 0 Å². The SMILES string of the molecule is O=C(O)C1=CC(C(=O)O)OC=C1. The maximum Gasteiger partial charge on any atom is 0.349 e. The van der Waals surface area contributed by atoms with E-state index in [4.69, 9.17) is 10.2 Å². The molecule has 0 spiro atoms. The number of carbonyl (C=O) groups is 2. The van der Waals surface area contributed by atoms with Crippen molar-refractivity contribution in [3.63, 3.8) is 0 Å². The Hall–Kier alpha value is -1.78. The van der Waals surface area contributed by atoms with E-state index in [1.807, 2.05) is 0 Å². The Kier molecular flexibility index (Phi) is 2.14. The van der Waals surface area contributed by atoms with Gasteiger partial charge >= 0.3 is 11.9 Å². The minimum atomic E-state index is -1.21. The highest BCUT2D eigenvalue weighted by atomic mass is 16.5. The average Bonchev–Trinajstić information content (AvgIpc) is 2.04. The van der Waals surface area contributed by atoms with Crippen molar-refractivity contribution >= 4 is 11.9 Å². The van der Waals surface area contributed by atoms with Crippen LogP contribution in [0.15, 0.2) is 24.0 Å². The zero-order valence-corrected chi connectivity index (χ0v) is 5.93. The van der Waals surface area contributed by atoms with Gasteiger partial charge in [-0.3, -0.25) is 0 Å². The minimum Gasteiger partial charge on any atom is -0.482 e. The van der Waals surface area contributed by atoms with Crippen molar-refractivity contribution < 1.29 is 24.5 Å². The molecule has 0 aromatic heterocycles. The van der Waals surface area contributed by atoms with Gasteiger partial charge in [0.2, 0.25) is 6.10 Å². The molecule has 5 nitrogen and oxygen atoms in total. The molecule has 1 aliphatic heterocycles. The van der Waals surface area contributed by atoms with Gasteiger partial charge < -0.3 is 14.9 Å². The van der Waals surface area contributed by atoms with E-state index in [2.05, 4.69) is 4.74 Å². The van der Waals surface area contributed by atoms with Gasteiger partial charge in [0.15, 0.2) is 0 Å². The second-order valence-corrected chi connectivity index (χ2v) is 2.12. The number of hydrogen-bond donors (Lipinski definition) is 2. The maximum atomic E-state index is 10.4. The molecule has 0 radical (unpaired) electrons. The molecule has 1 heterocycles. The number of aliphatic carboxylic acids is 2. The third kappa shape index (κ3) is 1.63. The van der Waals surface area contributed by atoms with Gasteiger partial charge in [0, 0.05) is 0 Å². The predicted octanol–water partition coefficient (Wildman–Crippen LogP) is -0.00550. The fraction of sp³-hybridized carbons (Fsp3) is 0.143. The number of rotatable bonds is 2. The van der Waals surface area contributed by atoms with Crippen molar-refractivity contribution in [1.29, 1.82) is 0 Å². The van der Waals surface area contributed by atoms with Gasteiger partial charge in [-0.1, -0.05) is 0 Å². The molecule has 1 rings (SSSR count). The fourth-order valence-electron chi connectivity index (χ4n) is 0.727. The molecule has 0 aromatic rings. The monoisotopic (exact) mass is 170 g/mol. The standard InChI is InChI=1S/C7H6O5/c8-6(9)4-1-2-12-5(3-4)7(10)11/h1-3,5H,(H,8,9)(H,10,11). The lowest BCUT2D eigenvalue weighted by atomic mass is 10.1. The summed E-state index contributed by atoms with van der Waals surface area (Å²) in [6, 6.07) is 0. The summed E-state index contributed by atoms with van der Waals surface area (Å²) in [5.74, 6) is -2.38. The Morgan fingerprint density at radius 2 is 2.08 bits per heavy atom. The van der Waals surface area contributed by atoms with Gasteiger partial charge in [-0.05, 0) is 12.2 Å². The third-order valence-electron chi connectivity index (χ3n) is 1.29. The molecule has 0 bridgehead atoms. The molecule has 5 heteroatoms. The lowest BCUT2D eigenvalue weighted by Gasteiger charge is -2.11. The van der Waals surface area contributed by atoms with Gasteiger partial charge in [-0.15, -0.1) is 0 Å². The van der Waals surface area contributed by atoms with Gasteiger partial charge in [0.05, 0.1) is 11.8 Å². The Morgan fingerprint density at radius 3 is 2.58 bits per heavy atom. The molecule has 1 atom stereocenters. The molecular weight excluding hydrogens is 164 g/mol. The normalized spacial score (nSPS) is 21.0. The number of hydrogen-bond acceptors (Lipinski definition) is 3. The van der Waals surface area contributed by atoms with Crippen molar-refractivity contribution in [3.8, 4) is 0 Å². The van der Waals surface area contributed by atoms with E-state index in [1.165, 1.54) is 6.08 Å². The Labute approximate surface area is 67.6 Å². The molecule has 0 aliphatic carbocycles. The van der Waals surface area contributed by atoms with Crippen molar-refractivity contribution in [1.82, 2.24) is 0 Å². The van der Waals surface area contributed by atoms with Crippen LogP contribution in [-0.4, -0.2) is 28.3 Å². The Bertz CT molecular complexity index is 276. The van der Waals surface area contributed by atoms with Gasteiger partial charge in [-0.25, -0.2) is 9.59 Å². The second kappa shape index (κ2) is 3.08. The van der Waals surface area contributed by atoms with Gasteiger partial charge in [-0.2, -0.15) is 0 Å². The van der Waals surface area contributed by atoms with E-state index >= 15 is 0 Å². The van der Waals surface area contributed by atoms with E-state index < -0.39 is 18.0 Å². The van der Waals surface area contributed by atoms with Crippen LogP contribution in [0.25, 0.3) is 0 Å². The third-order valence-corrected chi connectivity index (χ3v) is 1.29. The summed E-state index contributed by atoms with van der Waals surface area (Å²) >= 11 is 0. The number of carboxylic acid groups (broad SMARTS) is 2. The fourth-order valence-corrected chi connectivity index (χ4v) is 0.727. The number of ether oxygens (including phenoxy) is 1. The van der Waals surface area contributed by atoms with Crippen molar-refractivity contribution in [3.05, 3.63) is 24.0 Å². The summed E-state index contributed by atoms with van der Waals surface area (Å²) in [6.07, 6.45) is 2.09. The van der Waals surface area contributed by atoms with Crippen LogP contribution in [0.5, 0.6) is 0 Å². The van der Waals surface area contributed by atoms with Crippen LogP contribution >= 0.6 is 0 Å². The first-order valence-corrected chi connectivity index (χ1v) is 3.11. The summed E-state index contributed by atoms with van der Waals surface area (Å²) in [5, 5.41) is 16.9. The summed E-state index contributed by atoms with van der Waals surface area (Å²) in [5.41, 5.74) is -0.0753. The second-order valence-electron chi connectivity index (χ2n) is 2.12. The molecule has 2 N–H and O–H groups in total. The van der Waals surface area contributed by atoms with E-state index in [0.717, 1.165) is 12.3 Å². The Morgan fingerprint density at radius 1 is 1.42 bits per heavy atom. The first-order chi connectivity index (χ1) is 5.61. The molecule has 1 aliphatic rings. The highest BCUT2D eigenvalue weighted by Crippen LogP contribution is 2.09. The van der Waals surface area contributed by atoms with Crippen molar-refractivity contribution in [2.75, 3.05) is 0 Å². The lowest BCUT2D eigenvalue weighted by Crippen LogP contribution is -2.22. The maximum absolute atomic E-state index is 10.4. The lowest BCUT2D eigenvalue weighted by molar-refractivity contribution is -0.144. The topological polar surface area (TPSA) is 83.8 Å². The minimum absolute atomic E-state index is 0.0753. The molecule has 0 saturated carbocycles. The zero-order valence-electron chi connectivity index (χ0n) is 5.93.